The Hall–Kier alpha value is -1.10. The van der Waals surface area contributed by atoms with Gasteiger partial charge in [-0.3, -0.25) is 0 Å². The zero-order valence-corrected chi connectivity index (χ0v) is 11.6. The Morgan fingerprint density at radius 2 is 0.889 bits per heavy atom. The molecule has 0 aliphatic heterocycles. The third-order valence-electron chi connectivity index (χ3n) is 1.81. The van der Waals surface area contributed by atoms with Crippen LogP contribution in [0.2, 0.25) is 0 Å². The predicted octanol–water partition coefficient (Wildman–Crippen LogP) is 2.84. The normalized spacial score (nSPS) is 10.9. The summed E-state index contributed by atoms with van der Waals surface area (Å²) in [7, 11) is 1.93. The summed E-state index contributed by atoms with van der Waals surface area (Å²) in [4.78, 5) is 0. The molecule has 18 heavy (non-hydrogen) atoms. The van der Waals surface area contributed by atoms with Crippen LogP contribution in [0.25, 0.3) is 0 Å². The first kappa shape index (κ1) is 13.3. The average molecular weight is 326 g/mol. The van der Waals surface area contributed by atoms with Crippen molar-refractivity contribution in [3.05, 3.63) is 0 Å². The highest BCUT2D eigenvalue weighted by Crippen LogP contribution is 2.58. The lowest BCUT2D eigenvalue weighted by Gasteiger charge is -1.96. The van der Waals surface area contributed by atoms with Crippen LogP contribution in [0.1, 0.15) is 0 Å². The van der Waals surface area contributed by atoms with Gasteiger partial charge in [0.15, 0.2) is 11.5 Å². The van der Waals surface area contributed by atoms with Gasteiger partial charge in [-0.25, -0.2) is 0 Å². The molecule has 0 radical (unpaired) electrons. The minimum absolute atomic E-state index is 0.238. The summed E-state index contributed by atoms with van der Waals surface area (Å²) in [5.41, 5.74) is 0. The van der Waals surface area contributed by atoms with Gasteiger partial charge in [0.05, 0.1) is 0 Å². The molecule has 0 atom stereocenters. The van der Waals surface area contributed by atoms with E-state index in [-0.39, 0.29) is 8.42 Å². The highest BCUT2D eigenvalue weighted by molar-refractivity contribution is 8.77. The van der Waals surface area contributed by atoms with Gasteiger partial charge in [-0.2, -0.15) is 0 Å². The largest absolute Gasteiger partial charge is 0.503 e. The SMILES string of the molecule is Oc1sc(SSc2sc(O)c(O)c2O)c(O)c1O. The molecule has 10 heteroatoms. The van der Waals surface area contributed by atoms with Crippen LogP contribution < -0.4 is 0 Å². The van der Waals surface area contributed by atoms with Gasteiger partial charge in [0.25, 0.3) is 0 Å². The van der Waals surface area contributed by atoms with Gasteiger partial charge in [-0.05, 0) is 21.6 Å². The van der Waals surface area contributed by atoms with E-state index in [2.05, 4.69) is 0 Å². The lowest BCUT2D eigenvalue weighted by Crippen LogP contribution is -1.62. The highest BCUT2D eigenvalue weighted by atomic mass is 33.1. The number of thiophene rings is 2. The molecule has 0 aromatic carbocycles. The molecule has 2 aromatic rings. The summed E-state index contributed by atoms with van der Waals surface area (Å²) in [6, 6.07) is 0. The van der Waals surface area contributed by atoms with Crippen LogP contribution in [0.15, 0.2) is 8.42 Å². The van der Waals surface area contributed by atoms with Crippen LogP contribution in [0.3, 0.4) is 0 Å². The predicted molar refractivity (Wildman–Crippen MR) is 70.3 cm³/mol. The number of hydrogen-bond donors (Lipinski definition) is 6. The average Bonchev–Trinajstić information content (AvgIpc) is 2.72. The Bertz CT molecular complexity index is 537. The van der Waals surface area contributed by atoms with E-state index in [4.69, 9.17) is 0 Å². The molecule has 0 aliphatic carbocycles. The van der Waals surface area contributed by atoms with Crippen LogP contribution in [0.5, 0.6) is 33.1 Å². The molecule has 2 heterocycles. The Morgan fingerprint density at radius 1 is 0.556 bits per heavy atom. The smallest absolute Gasteiger partial charge is 0.219 e. The Balaban J connectivity index is 2.16. The summed E-state index contributed by atoms with van der Waals surface area (Å²) in [5.74, 6) is -2.08. The summed E-state index contributed by atoms with van der Waals surface area (Å²) in [6.07, 6.45) is 0. The van der Waals surface area contributed by atoms with Crippen molar-refractivity contribution >= 4 is 44.3 Å². The summed E-state index contributed by atoms with van der Waals surface area (Å²) in [5, 5.41) is 54.8. The van der Waals surface area contributed by atoms with Crippen LogP contribution in [-0.2, 0) is 0 Å². The van der Waals surface area contributed by atoms with Crippen molar-refractivity contribution in [2.45, 2.75) is 8.42 Å². The van der Waals surface area contributed by atoms with E-state index in [0.29, 0.717) is 0 Å². The van der Waals surface area contributed by atoms with Gasteiger partial charge in [-0.1, -0.05) is 22.7 Å². The number of hydrogen-bond acceptors (Lipinski definition) is 10. The summed E-state index contributed by atoms with van der Waals surface area (Å²) in [6.45, 7) is 0. The molecule has 0 amide bonds. The first-order valence-corrected chi connectivity index (χ1v) is 8.02. The Kier molecular flexibility index (Phi) is 3.61. The molecule has 0 saturated carbocycles. The van der Waals surface area contributed by atoms with Crippen molar-refractivity contribution in [1.29, 1.82) is 0 Å². The Labute approximate surface area is 116 Å². The van der Waals surface area contributed by atoms with Gasteiger partial charge >= 0.3 is 0 Å². The molecule has 2 rings (SSSR count). The highest BCUT2D eigenvalue weighted by Gasteiger charge is 2.21. The van der Waals surface area contributed by atoms with Crippen molar-refractivity contribution < 1.29 is 30.6 Å². The molecule has 98 valence electrons. The van der Waals surface area contributed by atoms with E-state index in [9.17, 15) is 30.6 Å². The van der Waals surface area contributed by atoms with Crippen molar-refractivity contribution in [2.75, 3.05) is 0 Å². The second-order valence-electron chi connectivity index (χ2n) is 2.95. The zero-order valence-electron chi connectivity index (χ0n) is 8.32. The van der Waals surface area contributed by atoms with E-state index < -0.39 is 33.1 Å². The molecular weight excluding hydrogens is 320 g/mol. The van der Waals surface area contributed by atoms with Crippen LogP contribution in [0.4, 0.5) is 0 Å². The lowest BCUT2D eigenvalue weighted by atomic mass is 10.5. The molecule has 2 aromatic heterocycles. The third kappa shape index (κ3) is 2.23. The zero-order chi connectivity index (χ0) is 13.4. The molecule has 0 bridgehead atoms. The number of aromatic hydroxyl groups is 6. The van der Waals surface area contributed by atoms with Crippen LogP contribution >= 0.6 is 44.3 Å². The van der Waals surface area contributed by atoms with Gasteiger partial charge in [0, 0.05) is 0 Å². The fraction of sp³-hybridized carbons (Fsp3) is 0. The van der Waals surface area contributed by atoms with Crippen molar-refractivity contribution in [2.24, 2.45) is 0 Å². The number of rotatable bonds is 3. The van der Waals surface area contributed by atoms with Crippen LogP contribution in [0, 0.1) is 0 Å². The molecule has 0 spiro atoms. The van der Waals surface area contributed by atoms with E-state index >= 15 is 0 Å². The Morgan fingerprint density at radius 3 is 1.11 bits per heavy atom. The maximum Gasteiger partial charge on any atom is 0.219 e. The minimum Gasteiger partial charge on any atom is -0.503 e. The maximum atomic E-state index is 9.43. The second kappa shape index (κ2) is 4.88. The van der Waals surface area contributed by atoms with Gasteiger partial charge < -0.3 is 30.6 Å². The van der Waals surface area contributed by atoms with Crippen molar-refractivity contribution in [3.63, 3.8) is 0 Å². The summed E-state index contributed by atoms with van der Waals surface area (Å²) >= 11 is 1.55. The standard InChI is InChI=1S/C8H6O6S4/c9-1-3(11)7(15-5(1)13)17-18-8-4(12)2(10)6(14)16-8/h9-14H. The molecule has 0 fully saturated rings. The van der Waals surface area contributed by atoms with Crippen molar-refractivity contribution in [1.82, 2.24) is 0 Å². The minimum atomic E-state index is -0.593. The first-order chi connectivity index (χ1) is 8.41. The van der Waals surface area contributed by atoms with Crippen molar-refractivity contribution in [3.8, 4) is 33.1 Å². The molecule has 0 saturated heterocycles. The third-order valence-corrected chi connectivity index (χ3v) is 7.00. The lowest BCUT2D eigenvalue weighted by molar-refractivity contribution is 0.374. The van der Waals surface area contributed by atoms with E-state index in [1.165, 1.54) is 0 Å². The molecule has 6 nitrogen and oxygen atoms in total. The quantitative estimate of drug-likeness (QED) is 0.476. The van der Waals surface area contributed by atoms with E-state index in [0.717, 1.165) is 44.3 Å². The topological polar surface area (TPSA) is 121 Å². The monoisotopic (exact) mass is 326 g/mol. The molecule has 0 aliphatic rings. The van der Waals surface area contributed by atoms with Crippen LogP contribution in [-0.4, -0.2) is 30.6 Å². The fourth-order valence-corrected chi connectivity index (χ4v) is 5.48. The summed E-state index contributed by atoms with van der Waals surface area (Å²) < 4.78 is 0.476. The van der Waals surface area contributed by atoms with Gasteiger partial charge in [-0.15, -0.1) is 0 Å². The molecule has 0 unspecified atom stereocenters. The first-order valence-electron chi connectivity index (χ1n) is 4.23. The second-order valence-corrected chi connectivity index (χ2v) is 7.62. The van der Waals surface area contributed by atoms with Gasteiger partial charge in [0.2, 0.25) is 21.6 Å². The van der Waals surface area contributed by atoms with Gasteiger partial charge in [0.1, 0.15) is 8.42 Å². The fourth-order valence-electron chi connectivity index (χ4n) is 0.954. The van der Waals surface area contributed by atoms with E-state index in [1.807, 2.05) is 0 Å². The van der Waals surface area contributed by atoms with E-state index in [1.54, 1.807) is 0 Å². The molecular formula is C8H6O6S4. The maximum absolute atomic E-state index is 9.43. The molecule has 6 N–H and O–H groups in total.